The van der Waals surface area contributed by atoms with Crippen molar-refractivity contribution < 1.29 is 19.0 Å². The second-order valence-electron chi connectivity index (χ2n) is 6.69. The lowest BCUT2D eigenvalue weighted by Gasteiger charge is -2.28. The molecule has 2 N–H and O–H groups in total. The van der Waals surface area contributed by atoms with Crippen molar-refractivity contribution in [3.63, 3.8) is 0 Å². The van der Waals surface area contributed by atoms with Gasteiger partial charge in [-0.15, -0.1) is 0 Å². The fraction of sp³-hybridized carbons (Fsp3) is 0.588. The number of likely N-dealkylation sites (tertiary alicyclic amines) is 1. The van der Waals surface area contributed by atoms with Gasteiger partial charge in [0.2, 0.25) is 0 Å². The van der Waals surface area contributed by atoms with Crippen LogP contribution in [0.25, 0.3) is 0 Å². The lowest BCUT2D eigenvalue weighted by Crippen LogP contribution is -2.42. The molecule has 0 aliphatic carbocycles. The first kappa shape index (κ1) is 17.2. The molecule has 0 spiro atoms. The Morgan fingerprint density at radius 3 is 2.74 bits per heavy atom. The SMILES string of the molecule is COc1ccc(N)cc1OC[C@@H]1CCCN1C(=O)OC(C)(C)C. The van der Waals surface area contributed by atoms with Crippen molar-refractivity contribution in [1.29, 1.82) is 0 Å². The van der Waals surface area contributed by atoms with Crippen LogP contribution in [0.3, 0.4) is 0 Å². The molecule has 1 amide bonds. The summed E-state index contributed by atoms with van der Waals surface area (Å²) in [6.45, 7) is 6.67. The van der Waals surface area contributed by atoms with E-state index < -0.39 is 5.60 Å². The highest BCUT2D eigenvalue weighted by molar-refractivity contribution is 5.69. The van der Waals surface area contributed by atoms with Gasteiger partial charge in [0.15, 0.2) is 11.5 Å². The highest BCUT2D eigenvalue weighted by Crippen LogP contribution is 2.30. The molecular formula is C17H26N2O4. The maximum Gasteiger partial charge on any atom is 0.410 e. The molecule has 0 radical (unpaired) electrons. The summed E-state index contributed by atoms with van der Waals surface area (Å²) >= 11 is 0. The number of rotatable bonds is 4. The van der Waals surface area contributed by atoms with Crippen LogP contribution >= 0.6 is 0 Å². The zero-order valence-electron chi connectivity index (χ0n) is 14.3. The van der Waals surface area contributed by atoms with Crippen molar-refractivity contribution in [2.45, 2.75) is 45.3 Å². The smallest absolute Gasteiger partial charge is 0.410 e. The number of benzene rings is 1. The van der Waals surface area contributed by atoms with Gasteiger partial charge in [0.25, 0.3) is 0 Å². The number of amides is 1. The third-order valence-electron chi connectivity index (χ3n) is 3.62. The Balaban J connectivity index is 1.99. The van der Waals surface area contributed by atoms with Crippen molar-refractivity contribution in [2.24, 2.45) is 0 Å². The second kappa shape index (κ2) is 6.98. The van der Waals surface area contributed by atoms with Gasteiger partial charge < -0.3 is 24.8 Å². The Labute approximate surface area is 137 Å². The van der Waals surface area contributed by atoms with Crippen LogP contribution in [0.15, 0.2) is 18.2 Å². The zero-order chi connectivity index (χ0) is 17.0. The van der Waals surface area contributed by atoms with Gasteiger partial charge in [-0.1, -0.05) is 0 Å². The van der Waals surface area contributed by atoms with Gasteiger partial charge in [-0.05, 0) is 45.7 Å². The average Bonchev–Trinajstić information content (AvgIpc) is 2.92. The van der Waals surface area contributed by atoms with E-state index in [1.54, 1.807) is 30.2 Å². The molecule has 1 aromatic rings. The molecule has 1 atom stereocenters. The standard InChI is InChI=1S/C17H26N2O4/c1-17(2,3)23-16(20)19-9-5-6-13(19)11-22-15-10-12(18)7-8-14(15)21-4/h7-8,10,13H,5-6,9,11,18H2,1-4H3/t13-/m0/s1. The van der Waals surface area contributed by atoms with Gasteiger partial charge in [0, 0.05) is 18.3 Å². The van der Waals surface area contributed by atoms with E-state index in [1.165, 1.54) is 0 Å². The van der Waals surface area contributed by atoms with Crippen LogP contribution in [0.5, 0.6) is 11.5 Å². The predicted octanol–water partition coefficient (Wildman–Crippen LogP) is 3.06. The van der Waals surface area contributed by atoms with Crippen molar-refractivity contribution in [1.82, 2.24) is 4.90 Å². The Morgan fingerprint density at radius 2 is 2.09 bits per heavy atom. The van der Waals surface area contributed by atoms with E-state index in [0.29, 0.717) is 30.3 Å². The molecule has 2 rings (SSSR count). The molecule has 1 fully saturated rings. The topological polar surface area (TPSA) is 74.0 Å². The van der Waals surface area contributed by atoms with Crippen LogP contribution in [0, 0.1) is 0 Å². The molecule has 1 saturated heterocycles. The summed E-state index contributed by atoms with van der Waals surface area (Å²) in [6, 6.07) is 5.25. The van der Waals surface area contributed by atoms with Crippen LogP contribution in [0.1, 0.15) is 33.6 Å². The minimum absolute atomic E-state index is 0.00372. The lowest BCUT2D eigenvalue weighted by atomic mass is 10.2. The molecule has 0 bridgehead atoms. The van der Waals surface area contributed by atoms with E-state index in [9.17, 15) is 4.79 Å². The molecule has 128 valence electrons. The Hall–Kier alpha value is -2.11. The number of carbonyl (C=O) groups is 1. The first-order valence-corrected chi connectivity index (χ1v) is 7.86. The Bertz CT molecular complexity index is 554. The number of nitrogens with zero attached hydrogens (tertiary/aromatic N) is 1. The number of ether oxygens (including phenoxy) is 3. The normalized spacial score (nSPS) is 17.9. The summed E-state index contributed by atoms with van der Waals surface area (Å²) in [4.78, 5) is 14.0. The molecule has 23 heavy (non-hydrogen) atoms. The van der Waals surface area contributed by atoms with Gasteiger partial charge in [-0.3, -0.25) is 0 Å². The van der Waals surface area contributed by atoms with Crippen molar-refractivity contribution in [2.75, 3.05) is 26.0 Å². The number of methoxy groups -OCH3 is 1. The molecule has 1 heterocycles. The summed E-state index contributed by atoms with van der Waals surface area (Å²) in [5.41, 5.74) is 5.90. The number of anilines is 1. The highest BCUT2D eigenvalue weighted by Gasteiger charge is 2.32. The minimum atomic E-state index is -0.498. The number of carbonyl (C=O) groups excluding carboxylic acids is 1. The number of hydrogen-bond donors (Lipinski definition) is 1. The summed E-state index contributed by atoms with van der Waals surface area (Å²) in [7, 11) is 1.58. The van der Waals surface area contributed by atoms with E-state index in [-0.39, 0.29) is 12.1 Å². The van der Waals surface area contributed by atoms with Gasteiger partial charge >= 0.3 is 6.09 Å². The van der Waals surface area contributed by atoms with E-state index in [1.807, 2.05) is 20.8 Å². The molecular weight excluding hydrogens is 296 g/mol. The number of hydrogen-bond acceptors (Lipinski definition) is 5. The first-order valence-electron chi connectivity index (χ1n) is 7.86. The first-order chi connectivity index (χ1) is 10.8. The van der Waals surface area contributed by atoms with E-state index in [0.717, 1.165) is 12.8 Å². The second-order valence-corrected chi connectivity index (χ2v) is 6.69. The maximum absolute atomic E-state index is 12.3. The van der Waals surface area contributed by atoms with Crippen molar-refractivity contribution in [3.8, 4) is 11.5 Å². The number of nitrogen functional groups attached to an aromatic ring is 1. The van der Waals surface area contributed by atoms with Crippen LogP contribution in [-0.4, -0.2) is 42.9 Å². The van der Waals surface area contributed by atoms with E-state index in [2.05, 4.69) is 0 Å². The van der Waals surface area contributed by atoms with Gasteiger partial charge in [0.1, 0.15) is 12.2 Å². The average molecular weight is 322 g/mol. The zero-order valence-corrected chi connectivity index (χ0v) is 14.3. The molecule has 1 aliphatic heterocycles. The molecule has 6 heteroatoms. The van der Waals surface area contributed by atoms with Gasteiger partial charge in [0.05, 0.1) is 13.2 Å². The lowest BCUT2D eigenvalue weighted by molar-refractivity contribution is 0.0187. The number of nitrogens with two attached hydrogens (primary N) is 1. The highest BCUT2D eigenvalue weighted by atomic mass is 16.6. The van der Waals surface area contributed by atoms with Gasteiger partial charge in [-0.25, -0.2) is 4.79 Å². The summed E-state index contributed by atoms with van der Waals surface area (Å²) in [5, 5.41) is 0. The molecule has 1 aliphatic rings. The summed E-state index contributed by atoms with van der Waals surface area (Å²) < 4.78 is 16.6. The predicted molar refractivity (Wildman–Crippen MR) is 88.9 cm³/mol. The maximum atomic E-state index is 12.3. The fourth-order valence-corrected chi connectivity index (χ4v) is 2.56. The van der Waals surface area contributed by atoms with Crippen LogP contribution in [-0.2, 0) is 4.74 Å². The third kappa shape index (κ3) is 4.68. The monoisotopic (exact) mass is 322 g/mol. The largest absolute Gasteiger partial charge is 0.493 e. The van der Waals surface area contributed by atoms with Crippen LogP contribution in [0.4, 0.5) is 10.5 Å². The molecule has 0 unspecified atom stereocenters. The minimum Gasteiger partial charge on any atom is -0.493 e. The molecule has 1 aromatic carbocycles. The third-order valence-corrected chi connectivity index (χ3v) is 3.62. The molecule has 0 aromatic heterocycles. The fourth-order valence-electron chi connectivity index (χ4n) is 2.56. The van der Waals surface area contributed by atoms with Crippen LogP contribution in [0.2, 0.25) is 0 Å². The Kier molecular flexibility index (Phi) is 5.23. The van der Waals surface area contributed by atoms with E-state index >= 15 is 0 Å². The van der Waals surface area contributed by atoms with Crippen LogP contribution < -0.4 is 15.2 Å². The van der Waals surface area contributed by atoms with E-state index in [4.69, 9.17) is 19.9 Å². The quantitative estimate of drug-likeness (QED) is 0.862. The summed E-state index contributed by atoms with van der Waals surface area (Å²) in [5.74, 6) is 1.21. The van der Waals surface area contributed by atoms with Gasteiger partial charge in [-0.2, -0.15) is 0 Å². The summed E-state index contributed by atoms with van der Waals surface area (Å²) in [6.07, 6.45) is 1.55. The molecule has 6 nitrogen and oxygen atoms in total. The van der Waals surface area contributed by atoms with Crippen molar-refractivity contribution >= 4 is 11.8 Å². The van der Waals surface area contributed by atoms with Crippen molar-refractivity contribution in [3.05, 3.63) is 18.2 Å². The molecule has 0 saturated carbocycles. The Morgan fingerprint density at radius 1 is 1.35 bits per heavy atom.